The number of urea groups is 1. The van der Waals surface area contributed by atoms with Crippen LogP contribution in [0.4, 0.5) is 4.79 Å². The number of hydrogen-bond donors (Lipinski definition) is 2. The minimum atomic E-state index is -0.184. The van der Waals surface area contributed by atoms with Gasteiger partial charge in [-0.15, -0.1) is 10.2 Å². The fourth-order valence-corrected chi connectivity index (χ4v) is 3.30. The third-order valence-electron chi connectivity index (χ3n) is 4.51. The predicted octanol–water partition coefficient (Wildman–Crippen LogP) is 1.49. The van der Waals surface area contributed by atoms with Gasteiger partial charge in [-0.05, 0) is 30.9 Å². The monoisotopic (exact) mass is 329 g/mol. The molecule has 1 aromatic carbocycles. The van der Waals surface area contributed by atoms with Gasteiger partial charge in [0, 0.05) is 13.1 Å². The number of carbonyl (C=O) groups excluding carboxylic acids is 1. The molecule has 1 aromatic heterocycles. The molecule has 0 fully saturated rings. The molecule has 7 nitrogen and oxygen atoms in total. The molecule has 1 atom stereocenters. The van der Waals surface area contributed by atoms with Crippen LogP contribution in [0.3, 0.4) is 0 Å². The maximum absolute atomic E-state index is 12.7. The lowest BCUT2D eigenvalue weighted by Crippen LogP contribution is -2.43. The number of aliphatic hydroxyl groups is 1. The molecule has 0 saturated heterocycles. The largest absolute Gasteiger partial charge is 0.395 e. The molecule has 3 rings (SSSR count). The number of hydrogen-bond acceptors (Lipinski definition) is 4. The van der Waals surface area contributed by atoms with Crippen LogP contribution in [0.5, 0.6) is 0 Å². The summed E-state index contributed by atoms with van der Waals surface area (Å²) in [6.45, 7) is 3.34. The van der Waals surface area contributed by atoms with Crippen molar-refractivity contribution in [2.24, 2.45) is 0 Å². The van der Waals surface area contributed by atoms with Gasteiger partial charge in [-0.3, -0.25) is 0 Å². The summed E-state index contributed by atoms with van der Waals surface area (Å²) in [6, 6.07) is 8.02. The number of nitrogens with zero attached hydrogens (tertiary/aromatic N) is 4. The van der Waals surface area contributed by atoms with E-state index in [4.69, 9.17) is 0 Å². The number of carbonyl (C=O) groups is 1. The van der Waals surface area contributed by atoms with E-state index in [0.717, 1.165) is 25.2 Å². The Bertz CT molecular complexity index is 700. The molecule has 2 aromatic rings. The second-order valence-electron chi connectivity index (χ2n) is 5.86. The molecule has 1 heterocycles. The van der Waals surface area contributed by atoms with E-state index < -0.39 is 0 Å². The minimum absolute atomic E-state index is 0.0115. The summed E-state index contributed by atoms with van der Waals surface area (Å²) in [4.78, 5) is 14.4. The third-order valence-corrected chi connectivity index (χ3v) is 4.51. The van der Waals surface area contributed by atoms with Crippen LogP contribution in [0.15, 0.2) is 30.6 Å². The van der Waals surface area contributed by atoms with E-state index in [0.29, 0.717) is 13.1 Å². The summed E-state index contributed by atoms with van der Waals surface area (Å²) < 4.78 is 1.89. The van der Waals surface area contributed by atoms with Gasteiger partial charge in [0.25, 0.3) is 0 Å². The molecular weight excluding hydrogens is 306 g/mol. The Labute approximate surface area is 141 Å². The Morgan fingerprint density at radius 2 is 2.29 bits per heavy atom. The van der Waals surface area contributed by atoms with Crippen LogP contribution in [0.1, 0.15) is 36.3 Å². The number of fused-ring (bicyclic) bond motifs is 1. The smallest absolute Gasteiger partial charge is 0.318 e. The lowest BCUT2D eigenvalue weighted by molar-refractivity contribution is 0.151. The number of amides is 2. The van der Waals surface area contributed by atoms with Crippen LogP contribution in [0.2, 0.25) is 0 Å². The first-order valence-corrected chi connectivity index (χ1v) is 8.34. The summed E-state index contributed by atoms with van der Waals surface area (Å²) in [6.07, 6.45) is 3.50. The number of aromatic nitrogens is 3. The van der Waals surface area contributed by atoms with Gasteiger partial charge in [0.2, 0.25) is 0 Å². The van der Waals surface area contributed by atoms with Crippen molar-refractivity contribution in [1.82, 2.24) is 25.0 Å². The van der Waals surface area contributed by atoms with Gasteiger partial charge in [0.1, 0.15) is 6.33 Å². The number of aryl methyl sites for hydroxylation is 2. The molecule has 2 amide bonds. The molecule has 0 saturated carbocycles. The van der Waals surface area contributed by atoms with Crippen LogP contribution in [0, 0.1) is 0 Å². The van der Waals surface area contributed by atoms with Crippen molar-refractivity contribution in [2.45, 2.75) is 38.9 Å². The van der Waals surface area contributed by atoms with Gasteiger partial charge >= 0.3 is 6.03 Å². The van der Waals surface area contributed by atoms with Gasteiger partial charge < -0.3 is 19.9 Å². The van der Waals surface area contributed by atoms with Crippen LogP contribution >= 0.6 is 0 Å². The minimum Gasteiger partial charge on any atom is -0.395 e. The summed E-state index contributed by atoms with van der Waals surface area (Å²) in [5.74, 6) is 0.724. The first kappa shape index (κ1) is 16.4. The average Bonchev–Trinajstić information content (AvgIpc) is 3.24. The number of aliphatic hydroxyl groups excluding tert-OH is 1. The standard InChI is InChI=1S/C17H23N5O2/c1-2-21-12-19-20-16(21)11-18-17(24)22(9-10-23)15-8-7-13-5-3-4-6-14(13)15/h3-6,12,15,23H,2,7-11H2,1H3,(H,18,24). The van der Waals surface area contributed by atoms with E-state index in [1.54, 1.807) is 11.2 Å². The van der Waals surface area contributed by atoms with Crippen LogP contribution in [-0.2, 0) is 19.5 Å². The van der Waals surface area contributed by atoms with Crippen molar-refractivity contribution < 1.29 is 9.90 Å². The molecule has 0 aliphatic heterocycles. The van der Waals surface area contributed by atoms with E-state index in [1.165, 1.54) is 11.1 Å². The Morgan fingerprint density at radius 3 is 3.08 bits per heavy atom. The molecule has 1 aliphatic carbocycles. The van der Waals surface area contributed by atoms with E-state index in [1.807, 2.05) is 23.6 Å². The zero-order chi connectivity index (χ0) is 16.9. The van der Waals surface area contributed by atoms with Crippen molar-refractivity contribution >= 4 is 6.03 Å². The molecule has 1 aliphatic rings. The summed E-state index contributed by atoms with van der Waals surface area (Å²) in [7, 11) is 0. The van der Waals surface area contributed by atoms with E-state index in [2.05, 4.69) is 27.6 Å². The molecule has 1 unspecified atom stereocenters. The van der Waals surface area contributed by atoms with Crippen molar-refractivity contribution in [1.29, 1.82) is 0 Å². The lowest BCUT2D eigenvalue weighted by atomic mass is 10.1. The normalized spacial score (nSPS) is 16.0. The Balaban J connectivity index is 1.70. The van der Waals surface area contributed by atoms with Gasteiger partial charge in [-0.1, -0.05) is 24.3 Å². The Morgan fingerprint density at radius 1 is 1.46 bits per heavy atom. The highest BCUT2D eigenvalue weighted by Crippen LogP contribution is 2.35. The second-order valence-corrected chi connectivity index (χ2v) is 5.86. The zero-order valence-electron chi connectivity index (χ0n) is 13.9. The second kappa shape index (κ2) is 7.44. The SMILES string of the molecule is CCn1cnnc1CNC(=O)N(CCO)C1CCc2ccccc21. The number of rotatable bonds is 6. The summed E-state index contributed by atoms with van der Waals surface area (Å²) in [5.41, 5.74) is 2.46. The van der Waals surface area contributed by atoms with Gasteiger partial charge in [0.15, 0.2) is 5.82 Å². The van der Waals surface area contributed by atoms with Crippen molar-refractivity contribution in [3.05, 3.63) is 47.5 Å². The van der Waals surface area contributed by atoms with Crippen LogP contribution in [-0.4, -0.2) is 44.0 Å². The third kappa shape index (κ3) is 3.26. The number of benzene rings is 1. The molecular formula is C17H23N5O2. The molecule has 24 heavy (non-hydrogen) atoms. The van der Waals surface area contributed by atoms with Crippen molar-refractivity contribution in [3.63, 3.8) is 0 Å². The zero-order valence-corrected chi connectivity index (χ0v) is 13.9. The van der Waals surface area contributed by atoms with Crippen LogP contribution < -0.4 is 5.32 Å². The first-order valence-electron chi connectivity index (χ1n) is 8.34. The maximum atomic E-state index is 12.7. The Hall–Kier alpha value is -2.41. The summed E-state index contributed by atoms with van der Waals surface area (Å²) >= 11 is 0. The topological polar surface area (TPSA) is 83.3 Å². The molecule has 128 valence electrons. The molecule has 0 radical (unpaired) electrons. The van der Waals surface area contributed by atoms with Gasteiger partial charge in [0.05, 0.1) is 19.2 Å². The lowest BCUT2D eigenvalue weighted by Gasteiger charge is -2.29. The summed E-state index contributed by atoms with van der Waals surface area (Å²) in [5, 5.41) is 20.2. The van der Waals surface area contributed by atoms with E-state index in [9.17, 15) is 9.90 Å². The quantitative estimate of drug-likeness (QED) is 0.841. The highest BCUT2D eigenvalue weighted by Gasteiger charge is 2.30. The van der Waals surface area contributed by atoms with Gasteiger partial charge in [-0.2, -0.15) is 0 Å². The molecule has 0 spiro atoms. The van der Waals surface area contributed by atoms with Crippen molar-refractivity contribution in [3.8, 4) is 0 Å². The molecule has 7 heteroatoms. The molecule has 0 bridgehead atoms. The fraction of sp³-hybridized carbons (Fsp3) is 0.471. The predicted molar refractivity (Wildman–Crippen MR) is 89.2 cm³/mol. The number of nitrogens with one attached hydrogen (secondary N) is 1. The highest BCUT2D eigenvalue weighted by molar-refractivity contribution is 5.75. The van der Waals surface area contributed by atoms with Crippen LogP contribution in [0.25, 0.3) is 0 Å². The molecule has 2 N–H and O–H groups in total. The maximum Gasteiger partial charge on any atom is 0.318 e. The fourth-order valence-electron chi connectivity index (χ4n) is 3.30. The highest BCUT2D eigenvalue weighted by atomic mass is 16.3. The Kier molecular flexibility index (Phi) is 5.10. The van der Waals surface area contributed by atoms with Crippen molar-refractivity contribution in [2.75, 3.05) is 13.2 Å². The van der Waals surface area contributed by atoms with Gasteiger partial charge in [-0.25, -0.2) is 4.79 Å². The van der Waals surface area contributed by atoms with E-state index in [-0.39, 0.29) is 18.7 Å². The first-order chi connectivity index (χ1) is 11.7. The average molecular weight is 329 g/mol. The van der Waals surface area contributed by atoms with E-state index >= 15 is 0 Å².